The van der Waals surface area contributed by atoms with Crippen LogP contribution in [0.1, 0.15) is 108 Å². The highest BCUT2D eigenvalue weighted by molar-refractivity contribution is 5.43. The van der Waals surface area contributed by atoms with Crippen LogP contribution in [0.25, 0.3) is 0 Å². The summed E-state index contributed by atoms with van der Waals surface area (Å²) in [7, 11) is 0. The van der Waals surface area contributed by atoms with Crippen LogP contribution >= 0.6 is 0 Å². The SMILES string of the molecule is CCCCCCCCc1ccc(N=Nc2ccc(OCCCCCCCCCCc3ccncc3)cc2)cc1. The van der Waals surface area contributed by atoms with Crippen LogP contribution < -0.4 is 4.74 Å². The number of rotatable bonds is 21. The van der Waals surface area contributed by atoms with Gasteiger partial charge < -0.3 is 4.74 Å². The van der Waals surface area contributed by atoms with Crippen LogP contribution in [0.2, 0.25) is 0 Å². The summed E-state index contributed by atoms with van der Waals surface area (Å²) in [6.07, 6.45) is 24.4. The second-order valence-corrected chi connectivity index (χ2v) is 10.7. The highest BCUT2D eigenvalue weighted by atomic mass is 16.5. The summed E-state index contributed by atoms with van der Waals surface area (Å²) in [5.74, 6) is 0.905. The van der Waals surface area contributed by atoms with Crippen molar-refractivity contribution < 1.29 is 4.74 Å². The molecular formula is C35H49N3O. The molecule has 3 aromatic rings. The van der Waals surface area contributed by atoms with Crippen LogP contribution in [0.15, 0.2) is 83.3 Å². The number of aryl methyl sites for hydroxylation is 2. The van der Waals surface area contributed by atoms with Crippen molar-refractivity contribution in [2.75, 3.05) is 6.61 Å². The lowest BCUT2D eigenvalue weighted by molar-refractivity contribution is 0.304. The van der Waals surface area contributed by atoms with E-state index in [4.69, 9.17) is 4.74 Å². The molecule has 0 aliphatic carbocycles. The summed E-state index contributed by atoms with van der Waals surface area (Å²) in [4.78, 5) is 4.08. The second kappa shape index (κ2) is 20.0. The zero-order valence-electron chi connectivity index (χ0n) is 24.2. The van der Waals surface area contributed by atoms with E-state index >= 15 is 0 Å². The molecule has 210 valence electrons. The van der Waals surface area contributed by atoms with Gasteiger partial charge in [0.25, 0.3) is 0 Å². The zero-order chi connectivity index (χ0) is 27.2. The molecular weight excluding hydrogens is 478 g/mol. The standard InChI is InChI=1S/C35H49N3O/c1-2-3-4-5-10-13-16-31-18-20-33(21-19-31)37-38-34-22-24-35(25-23-34)39-30-15-12-9-7-6-8-11-14-17-32-26-28-36-29-27-32/h18-29H,2-17,30H2,1H3. The first-order chi connectivity index (χ1) is 19.3. The molecule has 0 saturated carbocycles. The number of nitrogens with zero attached hydrogens (tertiary/aromatic N) is 3. The molecule has 0 aliphatic heterocycles. The van der Waals surface area contributed by atoms with E-state index in [1.807, 2.05) is 36.7 Å². The molecule has 0 spiro atoms. The Kier molecular flexibility index (Phi) is 15.6. The van der Waals surface area contributed by atoms with Gasteiger partial charge >= 0.3 is 0 Å². The fourth-order valence-electron chi connectivity index (χ4n) is 4.79. The van der Waals surface area contributed by atoms with E-state index in [0.29, 0.717) is 0 Å². The Morgan fingerprint density at radius 1 is 0.513 bits per heavy atom. The molecule has 0 unspecified atom stereocenters. The third-order valence-corrected chi connectivity index (χ3v) is 7.25. The molecule has 0 radical (unpaired) electrons. The van der Waals surface area contributed by atoms with Gasteiger partial charge in [-0.1, -0.05) is 89.7 Å². The highest BCUT2D eigenvalue weighted by Gasteiger charge is 1.99. The smallest absolute Gasteiger partial charge is 0.119 e. The third kappa shape index (κ3) is 14.1. The second-order valence-electron chi connectivity index (χ2n) is 10.7. The molecule has 0 bridgehead atoms. The first kappa shape index (κ1) is 30.5. The average molecular weight is 528 g/mol. The maximum absolute atomic E-state index is 5.92. The minimum absolute atomic E-state index is 0.776. The number of hydrogen-bond acceptors (Lipinski definition) is 4. The van der Waals surface area contributed by atoms with E-state index in [1.165, 1.54) is 101 Å². The van der Waals surface area contributed by atoms with E-state index in [9.17, 15) is 0 Å². The lowest BCUT2D eigenvalue weighted by Gasteiger charge is -2.06. The fraction of sp³-hybridized carbons (Fsp3) is 0.514. The molecule has 0 fully saturated rings. The van der Waals surface area contributed by atoms with Crippen LogP contribution in [0.4, 0.5) is 11.4 Å². The minimum atomic E-state index is 0.776. The third-order valence-electron chi connectivity index (χ3n) is 7.25. The Morgan fingerprint density at radius 2 is 0.974 bits per heavy atom. The Morgan fingerprint density at radius 3 is 1.54 bits per heavy atom. The molecule has 0 aliphatic rings. The number of unbranched alkanes of at least 4 members (excludes halogenated alkanes) is 12. The van der Waals surface area contributed by atoms with Gasteiger partial charge in [-0.2, -0.15) is 10.2 Å². The first-order valence-corrected chi connectivity index (χ1v) is 15.5. The van der Waals surface area contributed by atoms with Crippen molar-refractivity contribution in [2.45, 2.75) is 110 Å². The van der Waals surface area contributed by atoms with Gasteiger partial charge in [-0.25, -0.2) is 0 Å². The molecule has 0 N–H and O–H groups in total. The monoisotopic (exact) mass is 527 g/mol. The van der Waals surface area contributed by atoms with Gasteiger partial charge in [0, 0.05) is 12.4 Å². The predicted octanol–water partition coefficient (Wildman–Crippen LogP) is 11.1. The molecule has 4 nitrogen and oxygen atoms in total. The van der Waals surface area contributed by atoms with Crippen molar-refractivity contribution in [3.8, 4) is 5.75 Å². The van der Waals surface area contributed by atoms with E-state index in [1.54, 1.807) is 0 Å². The Bertz CT molecular complexity index is 1020. The van der Waals surface area contributed by atoms with Crippen molar-refractivity contribution in [1.82, 2.24) is 4.98 Å². The maximum atomic E-state index is 5.92. The Hall–Kier alpha value is -3.01. The van der Waals surface area contributed by atoms with Gasteiger partial charge in [0.1, 0.15) is 5.75 Å². The van der Waals surface area contributed by atoms with Gasteiger partial charge in [0.2, 0.25) is 0 Å². The molecule has 1 heterocycles. The number of benzene rings is 2. The van der Waals surface area contributed by atoms with Crippen molar-refractivity contribution in [2.24, 2.45) is 10.2 Å². The van der Waals surface area contributed by atoms with Crippen molar-refractivity contribution >= 4 is 11.4 Å². The molecule has 39 heavy (non-hydrogen) atoms. The topological polar surface area (TPSA) is 46.8 Å². The van der Waals surface area contributed by atoms with Crippen LogP contribution in [-0.2, 0) is 12.8 Å². The fourth-order valence-corrected chi connectivity index (χ4v) is 4.79. The molecule has 0 amide bonds. The number of hydrogen-bond donors (Lipinski definition) is 0. The molecule has 0 atom stereocenters. The van der Waals surface area contributed by atoms with Crippen LogP contribution in [-0.4, -0.2) is 11.6 Å². The molecule has 1 aromatic heterocycles. The summed E-state index contributed by atoms with van der Waals surface area (Å²) in [5.41, 5.74) is 4.54. The van der Waals surface area contributed by atoms with Crippen LogP contribution in [0.5, 0.6) is 5.75 Å². The van der Waals surface area contributed by atoms with E-state index < -0.39 is 0 Å². The molecule has 0 saturated heterocycles. The number of aromatic nitrogens is 1. The van der Waals surface area contributed by atoms with E-state index in [2.05, 4.69) is 58.5 Å². The van der Waals surface area contributed by atoms with E-state index in [-0.39, 0.29) is 0 Å². The van der Waals surface area contributed by atoms with Crippen molar-refractivity contribution in [1.29, 1.82) is 0 Å². The minimum Gasteiger partial charge on any atom is -0.494 e. The van der Waals surface area contributed by atoms with Gasteiger partial charge in [0.05, 0.1) is 18.0 Å². The van der Waals surface area contributed by atoms with Gasteiger partial charge in [-0.05, 0) is 91.8 Å². The predicted molar refractivity (Wildman–Crippen MR) is 165 cm³/mol. The van der Waals surface area contributed by atoms with Crippen molar-refractivity contribution in [3.63, 3.8) is 0 Å². The quantitative estimate of drug-likeness (QED) is 0.102. The maximum Gasteiger partial charge on any atom is 0.119 e. The lowest BCUT2D eigenvalue weighted by atomic mass is 10.0. The average Bonchev–Trinajstić information content (AvgIpc) is 2.98. The van der Waals surface area contributed by atoms with Crippen LogP contribution in [0, 0.1) is 0 Å². The number of azo groups is 1. The van der Waals surface area contributed by atoms with Gasteiger partial charge in [-0.3, -0.25) is 4.98 Å². The largest absolute Gasteiger partial charge is 0.494 e. The van der Waals surface area contributed by atoms with Gasteiger partial charge in [-0.15, -0.1) is 0 Å². The Labute approximate surface area is 237 Å². The molecule has 3 rings (SSSR count). The summed E-state index contributed by atoms with van der Waals surface area (Å²) >= 11 is 0. The zero-order valence-corrected chi connectivity index (χ0v) is 24.2. The summed E-state index contributed by atoms with van der Waals surface area (Å²) in [5, 5.41) is 8.79. The summed E-state index contributed by atoms with van der Waals surface area (Å²) in [6, 6.07) is 20.7. The lowest BCUT2D eigenvalue weighted by Crippen LogP contribution is -1.96. The number of pyridine rings is 1. The highest BCUT2D eigenvalue weighted by Crippen LogP contribution is 2.22. The van der Waals surface area contributed by atoms with Crippen LogP contribution in [0.3, 0.4) is 0 Å². The summed E-state index contributed by atoms with van der Waals surface area (Å²) < 4.78 is 5.92. The Balaban J connectivity index is 1.19. The number of ether oxygens (including phenoxy) is 1. The van der Waals surface area contributed by atoms with Crippen molar-refractivity contribution in [3.05, 3.63) is 84.2 Å². The molecule has 4 heteroatoms. The molecule has 2 aromatic carbocycles. The van der Waals surface area contributed by atoms with Gasteiger partial charge in [0.15, 0.2) is 0 Å². The first-order valence-electron chi connectivity index (χ1n) is 15.5. The summed E-state index contributed by atoms with van der Waals surface area (Å²) in [6.45, 7) is 3.04. The normalized spacial score (nSPS) is 11.3. The van der Waals surface area contributed by atoms with E-state index in [0.717, 1.165) is 36.6 Å².